The smallest absolute Gasteiger partial charge is 0.224 e. The van der Waals surface area contributed by atoms with Gasteiger partial charge in [0.05, 0.1) is 24.1 Å². The molecule has 1 aliphatic heterocycles. The number of hydrogen-bond acceptors (Lipinski definition) is 5. The second-order valence-electron chi connectivity index (χ2n) is 6.25. The molecule has 0 saturated carbocycles. The molecule has 0 radical (unpaired) electrons. The summed E-state index contributed by atoms with van der Waals surface area (Å²) in [7, 11) is 0. The van der Waals surface area contributed by atoms with Crippen LogP contribution in [-0.4, -0.2) is 36.2 Å². The van der Waals surface area contributed by atoms with Crippen LogP contribution in [0.5, 0.6) is 0 Å². The molecule has 24 heavy (non-hydrogen) atoms. The van der Waals surface area contributed by atoms with Gasteiger partial charge in [-0.15, -0.1) is 0 Å². The number of hydrogen-bond donors (Lipinski definition) is 1. The minimum atomic E-state index is 0.0179. The van der Waals surface area contributed by atoms with Crippen molar-refractivity contribution in [3.63, 3.8) is 0 Å². The number of carbonyl (C=O) groups excluding carboxylic acids is 1. The van der Waals surface area contributed by atoms with Crippen LogP contribution in [0.25, 0.3) is 0 Å². The molecule has 2 unspecified atom stereocenters. The maximum atomic E-state index is 12.0. The number of rotatable bonds is 5. The SMILES string of the molecule is CC1CN(c2ccc(NC(=O)CCc3ccsc3)cn2)CC(C)O1. The second kappa shape index (κ2) is 7.77. The number of carbonyl (C=O) groups is 1. The van der Waals surface area contributed by atoms with E-state index in [2.05, 4.69) is 40.5 Å². The van der Waals surface area contributed by atoms with Crippen LogP contribution in [0.2, 0.25) is 0 Å². The van der Waals surface area contributed by atoms with Crippen molar-refractivity contribution in [2.24, 2.45) is 0 Å². The minimum absolute atomic E-state index is 0.0179. The first kappa shape index (κ1) is 16.9. The maximum absolute atomic E-state index is 12.0. The maximum Gasteiger partial charge on any atom is 0.224 e. The fourth-order valence-corrected chi connectivity index (χ4v) is 3.63. The number of thiophene rings is 1. The lowest BCUT2D eigenvalue weighted by Gasteiger charge is -2.36. The van der Waals surface area contributed by atoms with Crippen molar-refractivity contribution in [3.05, 3.63) is 40.7 Å². The zero-order valence-corrected chi connectivity index (χ0v) is 14.9. The predicted molar refractivity (Wildman–Crippen MR) is 97.7 cm³/mol. The molecule has 6 heteroatoms. The van der Waals surface area contributed by atoms with Crippen molar-refractivity contribution in [2.75, 3.05) is 23.3 Å². The Hall–Kier alpha value is -1.92. The summed E-state index contributed by atoms with van der Waals surface area (Å²) in [4.78, 5) is 18.7. The first-order valence-electron chi connectivity index (χ1n) is 8.27. The summed E-state index contributed by atoms with van der Waals surface area (Å²) >= 11 is 1.66. The van der Waals surface area contributed by atoms with Crippen molar-refractivity contribution in [3.8, 4) is 0 Å². The monoisotopic (exact) mass is 345 g/mol. The lowest BCUT2D eigenvalue weighted by atomic mass is 10.2. The molecule has 2 aromatic heterocycles. The largest absolute Gasteiger partial charge is 0.372 e. The highest BCUT2D eigenvalue weighted by Crippen LogP contribution is 2.20. The lowest BCUT2D eigenvalue weighted by molar-refractivity contribution is -0.116. The molecule has 3 rings (SSSR count). The van der Waals surface area contributed by atoms with Gasteiger partial charge in [-0.05, 0) is 54.8 Å². The molecule has 0 bridgehead atoms. The van der Waals surface area contributed by atoms with Crippen LogP contribution >= 0.6 is 11.3 Å². The van der Waals surface area contributed by atoms with Gasteiger partial charge in [-0.2, -0.15) is 11.3 Å². The van der Waals surface area contributed by atoms with Gasteiger partial charge in [-0.1, -0.05) is 0 Å². The standard InChI is InChI=1S/C18H23N3O2S/c1-13-10-21(11-14(2)23-13)17-5-4-16(9-19-17)20-18(22)6-3-15-7-8-24-12-15/h4-5,7-9,12-14H,3,6,10-11H2,1-2H3,(H,20,22). The molecule has 1 aliphatic rings. The van der Waals surface area contributed by atoms with Crippen LogP contribution in [0.4, 0.5) is 11.5 Å². The quantitative estimate of drug-likeness (QED) is 0.903. The third-order valence-electron chi connectivity index (χ3n) is 4.00. The Morgan fingerprint density at radius 1 is 1.33 bits per heavy atom. The molecule has 0 spiro atoms. The fraction of sp³-hybridized carbons (Fsp3) is 0.444. The number of nitrogens with one attached hydrogen (secondary N) is 1. The topological polar surface area (TPSA) is 54.5 Å². The van der Waals surface area contributed by atoms with E-state index in [9.17, 15) is 4.79 Å². The average molecular weight is 345 g/mol. The normalized spacial score (nSPS) is 20.8. The van der Waals surface area contributed by atoms with Crippen molar-refractivity contribution in [1.29, 1.82) is 0 Å². The summed E-state index contributed by atoms with van der Waals surface area (Å²) in [5, 5.41) is 7.02. The summed E-state index contributed by atoms with van der Waals surface area (Å²) < 4.78 is 5.75. The van der Waals surface area contributed by atoms with E-state index in [4.69, 9.17) is 4.74 Å². The van der Waals surface area contributed by atoms with Crippen LogP contribution in [-0.2, 0) is 16.0 Å². The van der Waals surface area contributed by atoms with Crippen LogP contribution in [0.15, 0.2) is 35.2 Å². The molecular formula is C18H23N3O2S. The van der Waals surface area contributed by atoms with Crippen molar-refractivity contribution in [2.45, 2.75) is 38.9 Å². The van der Waals surface area contributed by atoms with Gasteiger partial charge in [0.25, 0.3) is 0 Å². The Labute approximate surface area is 146 Å². The van der Waals surface area contributed by atoms with E-state index in [1.807, 2.05) is 17.5 Å². The van der Waals surface area contributed by atoms with Crippen molar-refractivity contribution < 1.29 is 9.53 Å². The van der Waals surface area contributed by atoms with Crippen molar-refractivity contribution in [1.82, 2.24) is 4.98 Å². The summed E-state index contributed by atoms with van der Waals surface area (Å²) in [6.07, 6.45) is 3.38. The van der Waals surface area contributed by atoms with Gasteiger partial charge in [-0.25, -0.2) is 4.98 Å². The molecule has 1 fully saturated rings. The average Bonchev–Trinajstić information content (AvgIpc) is 3.06. The Bertz CT molecular complexity index is 647. The van der Waals surface area contributed by atoms with Crippen LogP contribution in [0.3, 0.4) is 0 Å². The highest BCUT2D eigenvalue weighted by atomic mass is 32.1. The first-order valence-corrected chi connectivity index (χ1v) is 9.22. The van der Waals surface area contributed by atoms with Gasteiger partial charge in [0.15, 0.2) is 0 Å². The third-order valence-corrected chi connectivity index (χ3v) is 4.73. The van der Waals surface area contributed by atoms with Gasteiger partial charge in [0.2, 0.25) is 5.91 Å². The number of morpholine rings is 1. The van der Waals surface area contributed by atoms with Crippen LogP contribution in [0, 0.1) is 0 Å². The van der Waals surface area contributed by atoms with Crippen LogP contribution in [0.1, 0.15) is 25.8 Å². The minimum Gasteiger partial charge on any atom is -0.372 e. The molecule has 5 nitrogen and oxygen atoms in total. The van der Waals surface area contributed by atoms with E-state index < -0.39 is 0 Å². The first-order chi connectivity index (χ1) is 11.6. The zero-order chi connectivity index (χ0) is 16.9. The number of nitrogens with zero attached hydrogens (tertiary/aromatic N) is 2. The van der Waals surface area contributed by atoms with E-state index in [-0.39, 0.29) is 18.1 Å². The summed E-state index contributed by atoms with van der Waals surface area (Å²) in [5.74, 6) is 0.942. The molecule has 1 saturated heterocycles. The molecule has 1 amide bonds. The number of aromatic nitrogens is 1. The number of aryl methyl sites for hydroxylation is 1. The second-order valence-corrected chi connectivity index (χ2v) is 7.03. The van der Waals surface area contributed by atoms with Gasteiger partial charge in [-0.3, -0.25) is 4.79 Å². The van der Waals surface area contributed by atoms with Gasteiger partial charge >= 0.3 is 0 Å². The van der Waals surface area contributed by atoms with Crippen molar-refractivity contribution >= 4 is 28.7 Å². The fourth-order valence-electron chi connectivity index (χ4n) is 2.93. The Morgan fingerprint density at radius 2 is 2.12 bits per heavy atom. The third kappa shape index (κ3) is 4.55. The highest BCUT2D eigenvalue weighted by molar-refractivity contribution is 7.07. The summed E-state index contributed by atoms with van der Waals surface area (Å²) in [6.45, 7) is 5.82. The van der Waals surface area contributed by atoms with E-state index in [0.29, 0.717) is 6.42 Å². The van der Waals surface area contributed by atoms with E-state index in [1.54, 1.807) is 17.5 Å². The lowest BCUT2D eigenvalue weighted by Crippen LogP contribution is -2.45. The molecule has 2 atom stereocenters. The molecule has 3 heterocycles. The van der Waals surface area contributed by atoms with E-state index >= 15 is 0 Å². The number of ether oxygens (including phenoxy) is 1. The number of amides is 1. The summed E-state index contributed by atoms with van der Waals surface area (Å²) in [5.41, 5.74) is 1.95. The summed E-state index contributed by atoms with van der Waals surface area (Å²) in [6, 6.07) is 5.92. The molecule has 2 aromatic rings. The molecule has 128 valence electrons. The van der Waals surface area contributed by atoms with E-state index in [0.717, 1.165) is 31.0 Å². The predicted octanol–water partition coefficient (Wildman–Crippen LogP) is 3.33. The van der Waals surface area contributed by atoms with E-state index in [1.165, 1.54) is 5.56 Å². The molecular weight excluding hydrogens is 322 g/mol. The van der Waals surface area contributed by atoms with Gasteiger partial charge < -0.3 is 15.0 Å². The van der Waals surface area contributed by atoms with Gasteiger partial charge in [0, 0.05) is 19.5 Å². The van der Waals surface area contributed by atoms with Gasteiger partial charge in [0.1, 0.15) is 5.82 Å². The molecule has 1 N–H and O–H groups in total. The Morgan fingerprint density at radius 3 is 2.75 bits per heavy atom. The molecule has 0 aromatic carbocycles. The molecule has 0 aliphatic carbocycles. The van der Waals surface area contributed by atoms with Crippen LogP contribution < -0.4 is 10.2 Å². The Balaban J connectivity index is 1.53. The highest BCUT2D eigenvalue weighted by Gasteiger charge is 2.23. The Kier molecular flexibility index (Phi) is 5.48. The number of pyridine rings is 1. The zero-order valence-electron chi connectivity index (χ0n) is 14.1. The number of anilines is 2.